The van der Waals surface area contributed by atoms with Crippen LogP contribution in [-0.4, -0.2) is 15.1 Å². The molecule has 1 aromatic carbocycles. The second-order valence-electron chi connectivity index (χ2n) is 4.09. The van der Waals surface area contributed by atoms with E-state index in [2.05, 4.69) is 9.97 Å². The zero-order valence-corrected chi connectivity index (χ0v) is 11.4. The minimum atomic E-state index is -4.56. The molecule has 0 spiro atoms. The summed E-state index contributed by atoms with van der Waals surface area (Å²) < 4.78 is 39.1. The molecular weight excluding hydrogens is 305 g/mol. The van der Waals surface area contributed by atoms with Gasteiger partial charge in [-0.3, -0.25) is 0 Å². The predicted molar refractivity (Wildman–Crippen MR) is 72.3 cm³/mol. The number of nitrogens with zero attached hydrogens (tertiary/aromatic N) is 2. The maximum atomic E-state index is 13.0. The topological polar surface area (TPSA) is 98.1 Å². The van der Waals surface area contributed by atoms with E-state index in [1.165, 1.54) is 18.2 Å². The van der Waals surface area contributed by atoms with E-state index >= 15 is 0 Å². The number of rotatable bonds is 3. The van der Waals surface area contributed by atoms with Crippen LogP contribution < -0.4 is 11.5 Å². The van der Waals surface area contributed by atoms with E-state index in [0.29, 0.717) is 11.8 Å². The van der Waals surface area contributed by atoms with Crippen molar-refractivity contribution in [2.24, 2.45) is 0 Å². The van der Waals surface area contributed by atoms with Gasteiger partial charge < -0.3 is 16.6 Å². The van der Waals surface area contributed by atoms with Crippen molar-refractivity contribution in [3.8, 4) is 0 Å². The van der Waals surface area contributed by atoms with Gasteiger partial charge >= 0.3 is 6.18 Å². The summed E-state index contributed by atoms with van der Waals surface area (Å²) in [6, 6.07) is 4.84. The fourth-order valence-corrected chi connectivity index (χ4v) is 2.51. The van der Waals surface area contributed by atoms with Gasteiger partial charge in [0.15, 0.2) is 5.16 Å². The summed E-state index contributed by atoms with van der Waals surface area (Å²) in [5, 5.41) is 8.97. The number of benzene rings is 1. The van der Waals surface area contributed by atoms with E-state index in [0.717, 1.165) is 6.07 Å². The lowest BCUT2D eigenvalue weighted by Gasteiger charge is -2.13. The first-order valence-corrected chi connectivity index (χ1v) is 6.50. The summed E-state index contributed by atoms with van der Waals surface area (Å²) in [7, 11) is 0. The normalized spacial score (nSPS) is 11.6. The first-order chi connectivity index (χ1) is 9.79. The molecule has 1 aromatic heterocycles. The zero-order valence-electron chi connectivity index (χ0n) is 10.6. The number of alkyl halides is 3. The van der Waals surface area contributed by atoms with E-state index in [4.69, 9.17) is 16.6 Å². The molecule has 0 fully saturated rings. The third-order valence-corrected chi connectivity index (χ3v) is 3.42. The average molecular weight is 316 g/mol. The summed E-state index contributed by atoms with van der Waals surface area (Å²) in [5.41, 5.74) is 10.3. The molecule has 2 rings (SSSR count). The standard InChI is InChI=1S/C12H11F3N4OS/c13-12(14,15)7-3-6(5-20)1-2-8(7)21-11-18-9(16)4-10(17)19-11/h1-4,20H,5H2,(H4,16,17,18,19). The van der Waals surface area contributed by atoms with Crippen molar-refractivity contribution in [2.75, 3.05) is 11.5 Å². The minimum Gasteiger partial charge on any atom is -0.392 e. The Balaban J connectivity index is 2.43. The second kappa shape index (κ2) is 5.78. The molecule has 0 aliphatic rings. The summed E-state index contributed by atoms with van der Waals surface area (Å²) in [6.07, 6.45) is -4.56. The number of anilines is 2. The molecule has 0 bridgehead atoms. The maximum absolute atomic E-state index is 13.0. The van der Waals surface area contributed by atoms with Crippen molar-refractivity contribution < 1.29 is 18.3 Å². The van der Waals surface area contributed by atoms with Crippen molar-refractivity contribution in [3.63, 3.8) is 0 Å². The molecule has 0 aliphatic heterocycles. The van der Waals surface area contributed by atoms with Crippen LogP contribution in [0.2, 0.25) is 0 Å². The number of aromatic nitrogens is 2. The Kier molecular flexibility index (Phi) is 4.24. The third kappa shape index (κ3) is 3.76. The lowest BCUT2D eigenvalue weighted by molar-refractivity contribution is -0.139. The highest BCUT2D eigenvalue weighted by Gasteiger charge is 2.34. The molecule has 5 nitrogen and oxygen atoms in total. The zero-order chi connectivity index (χ0) is 15.6. The Morgan fingerprint density at radius 1 is 1.10 bits per heavy atom. The van der Waals surface area contributed by atoms with Gasteiger partial charge in [-0.15, -0.1) is 0 Å². The molecule has 21 heavy (non-hydrogen) atoms. The van der Waals surface area contributed by atoms with Crippen LogP contribution in [0.25, 0.3) is 0 Å². The number of aliphatic hydroxyl groups excluding tert-OH is 1. The van der Waals surface area contributed by atoms with E-state index in [1.54, 1.807) is 0 Å². The highest BCUT2D eigenvalue weighted by molar-refractivity contribution is 7.99. The molecule has 0 atom stereocenters. The average Bonchev–Trinajstić information content (AvgIpc) is 2.36. The fraction of sp³-hybridized carbons (Fsp3) is 0.167. The summed E-state index contributed by atoms with van der Waals surface area (Å²) in [4.78, 5) is 7.56. The number of nitrogen functional groups attached to an aromatic ring is 2. The SMILES string of the molecule is Nc1cc(N)nc(Sc2ccc(CO)cc2C(F)(F)F)n1. The molecule has 112 valence electrons. The first-order valence-electron chi connectivity index (χ1n) is 5.68. The van der Waals surface area contributed by atoms with Crippen LogP contribution in [0.5, 0.6) is 0 Å². The van der Waals surface area contributed by atoms with Crippen molar-refractivity contribution >= 4 is 23.4 Å². The molecule has 0 amide bonds. The van der Waals surface area contributed by atoms with Gasteiger partial charge in [-0.2, -0.15) is 13.2 Å². The van der Waals surface area contributed by atoms with Gasteiger partial charge in [0.25, 0.3) is 0 Å². The predicted octanol–water partition coefficient (Wildman–Crippen LogP) is 2.30. The monoisotopic (exact) mass is 316 g/mol. The van der Waals surface area contributed by atoms with E-state index in [-0.39, 0.29) is 27.3 Å². The highest BCUT2D eigenvalue weighted by atomic mass is 32.2. The van der Waals surface area contributed by atoms with Crippen molar-refractivity contribution in [3.05, 3.63) is 35.4 Å². The Hall–Kier alpha value is -2.00. The summed E-state index contributed by atoms with van der Waals surface area (Å²) >= 11 is 0.705. The Bertz CT molecular complexity index is 643. The summed E-state index contributed by atoms with van der Waals surface area (Å²) in [5.74, 6) is 0.149. The van der Waals surface area contributed by atoms with Crippen LogP contribution in [0.4, 0.5) is 24.8 Å². The van der Waals surface area contributed by atoms with Gasteiger partial charge in [0.1, 0.15) is 11.6 Å². The minimum absolute atomic E-state index is 0.0229. The number of hydrogen-bond acceptors (Lipinski definition) is 6. The van der Waals surface area contributed by atoms with Crippen LogP contribution in [0, 0.1) is 0 Å². The number of hydrogen-bond donors (Lipinski definition) is 3. The quantitative estimate of drug-likeness (QED) is 0.752. The van der Waals surface area contributed by atoms with Crippen LogP contribution >= 0.6 is 11.8 Å². The van der Waals surface area contributed by atoms with Crippen molar-refractivity contribution in [1.29, 1.82) is 0 Å². The second-order valence-corrected chi connectivity index (χ2v) is 5.10. The molecule has 0 aliphatic carbocycles. The van der Waals surface area contributed by atoms with Crippen LogP contribution in [0.3, 0.4) is 0 Å². The van der Waals surface area contributed by atoms with E-state index in [9.17, 15) is 13.2 Å². The van der Waals surface area contributed by atoms with Crippen LogP contribution in [0.15, 0.2) is 34.3 Å². The molecule has 5 N–H and O–H groups in total. The highest BCUT2D eigenvalue weighted by Crippen LogP contribution is 2.39. The number of nitrogens with two attached hydrogens (primary N) is 2. The lowest BCUT2D eigenvalue weighted by Crippen LogP contribution is -2.08. The van der Waals surface area contributed by atoms with E-state index < -0.39 is 18.3 Å². The van der Waals surface area contributed by atoms with Gasteiger partial charge in [0, 0.05) is 11.0 Å². The molecular formula is C12H11F3N4OS. The van der Waals surface area contributed by atoms with Crippen molar-refractivity contribution in [2.45, 2.75) is 22.8 Å². The molecule has 9 heteroatoms. The Labute approximate surface area is 122 Å². The smallest absolute Gasteiger partial charge is 0.392 e. The summed E-state index contributed by atoms with van der Waals surface area (Å²) in [6.45, 7) is -0.476. The van der Waals surface area contributed by atoms with Gasteiger partial charge in [-0.05, 0) is 29.5 Å². The molecule has 1 heterocycles. The number of halogens is 3. The molecule has 2 aromatic rings. The van der Waals surface area contributed by atoms with Gasteiger partial charge in [-0.25, -0.2) is 9.97 Å². The number of aliphatic hydroxyl groups is 1. The van der Waals surface area contributed by atoms with Crippen LogP contribution in [-0.2, 0) is 12.8 Å². The van der Waals surface area contributed by atoms with Gasteiger partial charge in [-0.1, -0.05) is 6.07 Å². The molecule has 0 saturated carbocycles. The van der Waals surface area contributed by atoms with E-state index in [1.807, 2.05) is 0 Å². The third-order valence-electron chi connectivity index (χ3n) is 2.48. The van der Waals surface area contributed by atoms with Gasteiger partial charge in [0.2, 0.25) is 0 Å². The maximum Gasteiger partial charge on any atom is 0.417 e. The van der Waals surface area contributed by atoms with Crippen molar-refractivity contribution in [1.82, 2.24) is 9.97 Å². The molecule has 0 saturated heterocycles. The largest absolute Gasteiger partial charge is 0.417 e. The van der Waals surface area contributed by atoms with Gasteiger partial charge in [0.05, 0.1) is 12.2 Å². The Morgan fingerprint density at radius 3 is 2.24 bits per heavy atom. The fourth-order valence-electron chi connectivity index (χ4n) is 1.59. The first kappa shape index (κ1) is 15.4. The molecule has 0 unspecified atom stereocenters. The Morgan fingerprint density at radius 2 is 1.71 bits per heavy atom. The van der Waals surface area contributed by atoms with Crippen LogP contribution in [0.1, 0.15) is 11.1 Å². The lowest BCUT2D eigenvalue weighted by atomic mass is 10.1. The molecule has 0 radical (unpaired) electrons.